The number of hydrogen-bond donors (Lipinski definition) is 1. The maximum Gasteiger partial charge on any atom is 0.416 e. The van der Waals surface area contributed by atoms with Gasteiger partial charge in [-0.3, -0.25) is 0 Å². The molecule has 3 rings (SSSR count). The van der Waals surface area contributed by atoms with Gasteiger partial charge >= 0.3 is 6.18 Å². The second-order valence-corrected chi connectivity index (χ2v) is 3.92. The first-order valence-corrected chi connectivity index (χ1v) is 5.37. The van der Waals surface area contributed by atoms with E-state index in [1.54, 1.807) is 6.07 Å². The van der Waals surface area contributed by atoms with Crippen LogP contribution in [0, 0.1) is 0 Å². The molecule has 0 saturated carbocycles. The Hall–Kier alpha value is -2.44. The van der Waals surface area contributed by atoms with Gasteiger partial charge in [0.2, 0.25) is 0 Å². The van der Waals surface area contributed by atoms with Gasteiger partial charge in [0.25, 0.3) is 0 Å². The molecular weight excluding hydrogens is 257 g/mol. The van der Waals surface area contributed by atoms with E-state index >= 15 is 0 Å². The zero-order valence-electron chi connectivity index (χ0n) is 9.44. The smallest absolute Gasteiger partial charge is 0.335 e. The number of benzene rings is 1. The highest BCUT2D eigenvalue weighted by molar-refractivity contribution is 5.74. The predicted octanol–water partition coefficient (Wildman–Crippen LogP) is 3.04. The van der Waals surface area contributed by atoms with Crippen LogP contribution in [0.15, 0.2) is 36.8 Å². The summed E-state index contributed by atoms with van der Waals surface area (Å²) in [5.74, 6) is 0.335. The van der Waals surface area contributed by atoms with E-state index in [1.165, 1.54) is 18.6 Å². The number of aromatic nitrogens is 4. The van der Waals surface area contributed by atoms with Crippen molar-refractivity contribution in [1.82, 2.24) is 19.9 Å². The molecule has 0 aliphatic rings. The molecule has 2 heterocycles. The van der Waals surface area contributed by atoms with E-state index in [4.69, 9.17) is 0 Å². The van der Waals surface area contributed by atoms with Gasteiger partial charge in [-0.05, 0) is 12.1 Å². The second-order valence-electron chi connectivity index (χ2n) is 3.92. The molecule has 4 nitrogen and oxygen atoms in total. The second kappa shape index (κ2) is 4.04. The Labute approximate surface area is 105 Å². The molecule has 1 aromatic carbocycles. The molecule has 96 valence electrons. The number of nitrogens with zero attached hydrogens (tertiary/aromatic N) is 3. The summed E-state index contributed by atoms with van der Waals surface area (Å²) in [5, 5.41) is 0. The molecule has 0 unspecified atom stereocenters. The molecular formula is C12H7F3N4. The molecule has 0 aliphatic heterocycles. The standard InChI is InChI=1S/C12H7F3N4/c13-12(14,15)8-3-1-2-7(4-8)10-18-9-5-16-6-17-11(9)19-10/h1-6H,(H,16,17,18,19). The Balaban J connectivity index is 2.11. The fourth-order valence-corrected chi connectivity index (χ4v) is 1.74. The molecule has 0 atom stereocenters. The van der Waals surface area contributed by atoms with Crippen LogP contribution in [0.4, 0.5) is 13.2 Å². The number of rotatable bonds is 1. The molecule has 0 amide bonds. The number of alkyl halides is 3. The van der Waals surface area contributed by atoms with Crippen LogP contribution in [0.1, 0.15) is 5.56 Å². The minimum absolute atomic E-state index is 0.335. The lowest BCUT2D eigenvalue weighted by molar-refractivity contribution is -0.137. The van der Waals surface area contributed by atoms with Gasteiger partial charge in [-0.15, -0.1) is 0 Å². The van der Waals surface area contributed by atoms with Crippen LogP contribution in [0.25, 0.3) is 22.6 Å². The van der Waals surface area contributed by atoms with Crippen LogP contribution < -0.4 is 0 Å². The number of H-pyrrole nitrogens is 1. The normalized spacial score (nSPS) is 11.9. The van der Waals surface area contributed by atoms with Crippen molar-refractivity contribution in [1.29, 1.82) is 0 Å². The Bertz CT molecular complexity index is 700. The van der Waals surface area contributed by atoms with E-state index in [1.807, 2.05) is 0 Å². The van der Waals surface area contributed by atoms with Crippen LogP contribution >= 0.6 is 0 Å². The third kappa shape index (κ3) is 2.14. The average molecular weight is 264 g/mol. The summed E-state index contributed by atoms with van der Waals surface area (Å²) in [6.45, 7) is 0. The van der Waals surface area contributed by atoms with E-state index in [0.717, 1.165) is 12.1 Å². The van der Waals surface area contributed by atoms with Crippen LogP contribution in [0.3, 0.4) is 0 Å². The first-order chi connectivity index (χ1) is 9.04. The van der Waals surface area contributed by atoms with E-state index in [9.17, 15) is 13.2 Å². The van der Waals surface area contributed by atoms with E-state index in [-0.39, 0.29) is 0 Å². The summed E-state index contributed by atoms with van der Waals surface area (Å²) >= 11 is 0. The van der Waals surface area contributed by atoms with Crippen LogP contribution in [0.2, 0.25) is 0 Å². The number of fused-ring (bicyclic) bond motifs is 1. The Kier molecular flexibility index (Phi) is 2.48. The zero-order valence-corrected chi connectivity index (χ0v) is 9.44. The summed E-state index contributed by atoms with van der Waals surface area (Å²) in [7, 11) is 0. The molecule has 0 spiro atoms. The van der Waals surface area contributed by atoms with Crippen molar-refractivity contribution in [3.63, 3.8) is 0 Å². The highest BCUT2D eigenvalue weighted by Crippen LogP contribution is 2.31. The Morgan fingerprint density at radius 2 is 2.00 bits per heavy atom. The third-order valence-electron chi connectivity index (χ3n) is 2.63. The van der Waals surface area contributed by atoms with Crippen molar-refractivity contribution in [3.8, 4) is 11.4 Å². The van der Waals surface area contributed by atoms with E-state index in [0.29, 0.717) is 22.6 Å². The molecule has 0 fully saturated rings. The number of halogens is 3. The number of nitrogens with one attached hydrogen (secondary N) is 1. The third-order valence-corrected chi connectivity index (χ3v) is 2.63. The van der Waals surface area contributed by atoms with Crippen molar-refractivity contribution in [2.75, 3.05) is 0 Å². The van der Waals surface area contributed by atoms with Gasteiger partial charge in [0.1, 0.15) is 17.7 Å². The zero-order chi connectivity index (χ0) is 13.5. The van der Waals surface area contributed by atoms with Gasteiger partial charge in [0.15, 0.2) is 5.65 Å². The quantitative estimate of drug-likeness (QED) is 0.735. The van der Waals surface area contributed by atoms with Crippen LogP contribution in [0.5, 0.6) is 0 Å². The molecule has 19 heavy (non-hydrogen) atoms. The minimum Gasteiger partial charge on any atom is -0.335 e. The van der Waals surface area contributed by atoms with Gasteiger partial charge in [-0.25, -0.2) is 15.0 Å². The molecule has 0 bridgehead atoms. The number of hydrogen-bond acceptors (Lipinski definition) is 3. The largest absolute Gasteiger partial charge is 0.416 e. The fourth-order valence-electron chi connectivity index (χ4n) is 1.74. The van der Waals surface area contributed by atoms with Crippen molar-refractivity contribution >= 4 is 11.2 Å². The van der Waals surface area contributed by atoms with Gasteiger partial charge in [0, 0.05) is 5.56 Å². The SMILES string of the molecule is FC(F)(F)c1cccc(-c2nc3ncncc3[nH]2)c1. The van der Waals surface area contributed by atoms with Crippen LogP contribution in [-0.4, -0.2) is 19.9 Å². The summed E-state index contributed by atoms with van der Waals surface area (Å²) in [5.41, 5.74) is 0.640. The summed E-state index contributed by atoms with van der Waals surface area (Å²) < 4.78 is 37.9. The molecule has 0 radical (unpaired) electrons. The maximum absolute atomic E-state index is 12.6. The minimum atomic E-state index is -4.37. The maximum atomic E-state index is 12.6. The summed E-state index contributed by atoms with van der Waals surface area (Å²) in [4.78, 5) is 14.8. The van der Waals surface area contributed by atoms with Gasteiger partial charge < -0.3 is 4.98 Å². The topological polar surface area (TPSA) is 54.5 Å². The fraction of sp³-hybridized carbons (Fsp3) is 0.0833. The highest BCUT2D eigenvalue weighted by Gasteiger charge is 2.30. The van der Waals surface area contributed by atoms with Crippen LogP contribution in [-0.2, 0) is 6.18 Å². The molecule has 0 saturated heterocycles. The molecule has 2 aromatic heterocycles. The predicted molar refractivity (Wildman–Crippen MR) is 62.1 cm³/mol. The average Bonchev–Trinajstić information content (AvgIpc) is 2.81. The van der Waals surface area contributed by atoms with Gasteiger partial charge in [0.05, 0.1) is 11.8 Å². The molecule has 7 heteroatoms. The van der Waals surface area contributed by atoms with Crippen molar-refractivity contribution in [2.24, 2.45) is 0 Å². The number of aromatic amines is 1. The highest BCUT2D eigenvalue weighted by atomic mass is 19.4. The van der Waals surface area contributed by atoms with Crippen molar-refractivity contribution in [2.45, 2.75) is 6.18 Å². The lowest BCUT2D eigenvalue weighted by atomic mass is 10.1. The lowest BCUT2D eigenvalue weighted by Gasteiger charge is -2.07. The first-order valence-electron chi connectivity index (χ1n) is 5.37. The summed E-state index contributed by atoms with van der Waals surface area (Å²) in [6.07, 6.45) is -1.52. The van der Waals surface area contributed by atoms with Crippen molar-refractivity contribution in [3.05, 3.63) is 42.4 Å². The molecule has 3 aromatic rings. The molecule has 1 N–H and O–H groups in total. The van der Waals surface area contributed by atoms with Gasteiger partial charge in [-0.1, -0.05) is 12.1 Å². The van der Waals surface area contributed by atoms with E-state index < -0.39 is 11.7 Å². The van der Waals surface area contributed by atoms with E-state index in [2.05, 4.69) is 19.9 Å². The molecule has 0 aliphatic carbocycles. The van der Waals surface area contributed by atoms with Gasteiger partial charge in [-0.2, -0.15) is 13.2 Å². The summed E-state index contributed by atoms with van der Waals surface area (Å²) in [6, 6.07) is 4.97. The Morgan fingerprint density at radius 1 is 1.16 bits per heavy atom. The first kappa shape index (κ1) is 11.6. The Morgan fingerprint density at radius 3 is 2.74 bits per heavy atom. The number of imidazole rings is 1. The van der Waals surface area contributed by atoms with Crippen molar-refractivity contribution < 1.29 is 13.2 Å². The monoisotopic (exact) mass is 264 g/mol. The lowest BCUT2D eigenvalue weighted by Crippen LogP contribution is -2.04.